The summed E-state index contributed by atoms with van der Waals surface area (Å²) in [5, 5.41) is 2.43. The van der Waals surface area contributed by atoms with Crippen LogP contribution in [0.25, 0.3) is 0 Å². The van der Waals surface area contributed by atoms with Crippen molar-refractivity contribution >= 4 is 14.9 Å². The molecule has 2 unspecified atom stereocenters. The van der Waals surface area contributed by atoms with E-state index in [-0.39, 0.29) is 6.61 Å². The molecule has 2 aromatic rings. The van der Waals surface area contributed by atoms with Crippen LogP contribution in [-0.2, 0) is 16.1 Å². The molecule has 0 bridgehead atoms. The van der Waals surface area contributed by atoms with E-state index in [1.54, 1.807) is 30.3 Å². The lowest BCUT2D eigenvalue weighted by Gasteiger charge is -2.14. The summed E-state index contributed by atoms with van der Waals surface area (Å²) >= 11 is 0. The van der Waals surface area contributed by atoms with Crippen molar-refractivity contribution in [3.05, 3.63) is 65.0 Å². The molecule has 4 nitrogen and oxygen atoms in total. The smallest absolute Gasteiger partial charge is 0.323 e. The molecule has 2 rings (SSSR count). The van der Waals surface area contributed by atoms with Crippen molar-refractivity contribution in [2.24, 2.45) is 0 Å². The lowest BCUT2D eigenvalue weighted by Crippen LogP contribution is -2.30. The minimum absolute atomic E-state index is 0.0211. The molecule has 0 saturated carbocycles. The van der Waals surface area contributed by atoms with Crippen LogP contribution in [0.5, 0.6) is 5.75 Å². The molecular weight excluding hydrogens is 380 g/mol. The lowest BCUT2D eigenvalue weighted by atomic mass is 10.2. The normalized spacial score (nSPS) is 12.4. The van der Waals surface area contributed by atoms with Gasteiger partial charge in [0.25, 0.3) is 0 Å². The fourth-order valence-corrected chi connectivity index (χ4v) is 2.39. The maximum atomic E-state index is 13.4. The molecule has 0 saturated heterocycles. The van der Waals surface area contributed by atoms with Crippen LogP contribution in [-0.4, -0.2) is 12.0 Å². The first kappa shape index (κ1) is 20.1. The number of benzene rings is 2. The fourth-order valence-electron chi connectivity index (χ4n) is 1.76. The van der Waals surface area contributed by atoms with E-state index in [1.807, 2.05) is 0 Å². The highest BCUT2D eigenvalue weighted by Crippen LogP contribution is 2.32. The molecule has 0 amide bonds. The zero-order valence-electron chi connectivity index (χ0n) is 13.3. The van der Waals surface area contributed by atoms with Gasteiger partial charge in [0.15, 0.2) is 0 Å². The second-order valence-electron chi connectivity index (χ2n) is 5.06. The Hall–Kier alpha value is -2.25. The molecule has 2 atom stereocenters. The third-order valence-corrected chi connectivity index (χ3v) is 4.03. The van der Waals surface area contributed by atoms with Crippen LogP contribution in [0.2, 0.25) is 0 Å². The quantitative estimate of drug-likeness (QED) is 0.254. The first-order chi connectivity index (χ1) is 12.3. The van der Waals surface area contributed by atoms with Gasteiger partial charge in [-0.05, 0) is 12.5 Å². The number of ether oxygens (including phenoxy) is 1. The fraction of sp³-hybridized carbons (Fsp3) is 0.188. The molecular formula is C16H13F5NO3P. The number of halogens is 5. The summed E-state index contributed by atoms with van der Waals surface area (Å²) in [5.41, 5.74) is 0.758. The maximum absolute atomic E-state index is 13.4. The third kappa shape index (κ3) is 4.68. The van der Waals surface area contributed by atoms with Gasteiger partial charge in [0, 0.05) is 0 Å². The molecule has 26 heavy (non-hydrogen) atoms. The van der Waals surface area contributed by atoms with Gasteiger partial charge in [-0.2, -0.15) is 8.78 Å². The molecule has 0 radical (unpaired) electrons. The Balaban J connectivity index is 1.88. The van der Waals surface area contributed by atoms with Crippen LogP contribution in [0, 0.1) is 29.1 Å². The van der Waals surface area contributed by atoms with Crippen LogP contribution in [0.3, 0.4) is 0 Å². The molecule has 140 valence electrons. The number of hydrogen-bond acceptors (Lipinski definition) is 4. The molecule has 0 heterocycles. The Morgan fingerprint density at radius 2 is 1.54 bits per heavy atom. The van der Waals surface area contributed by atoms with Crippen molar-refractivity contribution in [1.29, 1.82) is 0 Å². The van der Waals surface area contributed by atoms with Crippen molar-refractivity contribution in [3.63, 3.8) is 0 Å². The Morgan fingerprint density at radius 3 is 2.12 bits per heavy atom. The van der Waals surface area contributed by atoms with Crippen LogP contribution < -0.4 is 9.61 Å². The Labute approximate surface area is 147 Å². The van der Waals surface area contributed by atoms with Gasteiger partial charge >= 0.3 is 5.97 Å². The van der Waals surface area contributed by atoms with Gasteiger partial charge < -0.3 is 9.26 Å². The molecule has 0 aliphatic carbocycles. The summed E-state index contributed by atoms with van der Waals surface area (Å²) < 4.78 is 75.5. The average Bonchev–Trinajstić information content (AvgIpc) is 2.66. The summed E-state index contributed by atoms with van der Waals surface area (Å²) in [7, 11) is -0.951. The number of hydrogen-bond donors (Lipinski definition) is 1. The standard InChI is InChI=1S/C16H13F5NO3P/c1-8(16(23)24-7-9-5-3-2-4-6-9)22-26-25-15-13(20)11(18)10(17)12(19)14(15)21/h2-6,8,22,26H,7H2,1H3. The number of rotatable bonds is 7. The van der Waals surface area contributed by atoms with E-state index in [1.165, 1.54) is 6.92 Å². The highest BCUT2D eigenvalue weighted by molar-refractivity contribution is 7.30. The topological polar surface area (TPSA) is 47.6 Å². The number of carbonyl (C=O) groups is 1. The second-order valence-corrected chi connectivity index (χ2v) is 5.76. The molecule has 0 fully saturated rings. The molecule has 0 spiro atoms. The highest BCUT2D eigenvalue weighted by Gasteiger charge is 2.27. The molecule has 0 aliphatic heterocycles. The number of nitrogens with one attached hydrogen (secondary N) is 1. The van der Waals surface area contributed by atoms with Gasteiger partial charge in [0.05, 0.1) is 0 Å². The van der Waals surface area contributed by atoms with Gasteiger partial charge in [-0.25, -0.2) is 13.2 Å². The Kier molecular flexibility index (Phi) is 6.88. The van der Waals surface area contributed by atoms with Gasteiger partial charge in [-0.15, -0.1) is 0 Å². The number of esters is 1. The van der Waals surface area contributed by atoms with Crippen molar-refractivity contribution in [3.8, 4) is 5.75 Å². The van der Waals surface area contributed by atoms with Crippen LogP contribution in [0.4, 0.5) is 22.0 Å². The summed E-state index contributed by atoms with van der Waals surface area (Å²) in [6.07, 6.45) is 0. The third-order valence-electron chi connectivity index (χ3n) is 3.18. The monoisotopic (exact) mass is 393 g/mol. The summed E-state index contributed by atoms with van der Waals surface area (Å²) in [6, 6.07) is 7.90. The average molecular weight is 393 g/mol. The van der Waals surface area contributed by atoms with Crippen LogP contribution in [0.15, 0.2) is 30.3 Å². The van der Waals surface area contributed by atoms with E-state index in [4.69, 9.17) is 4.74 Å². The van der Waals surface area contributed by atoms with E-state index in [2.05, 4.69) is 9.61 Å². The van der Waals surface area contributed by atoms with Gasteiger partial charge in [-0.3, -0.25) is 9.88 Å². The van der Waals surface area contributed by atoms with E-state index in [0.29, 0.717) is 0 Å². The Bertz CT molecular complexity index is 762. The van der Waals surface area contributed by atoms with Crippen molar-refractivity contribution in [1.82, 2.24) is 5.09 Å². The molecule has 1 N–H and O–H groups in total. The van der Waals surface area contributed by atoms with Gasteiger partial charge in [0.1, 0.15) is 21.6 Å². The van der Waals surface area contributed by atoms with E-state index >= 15 is 0 Å². The van der Waals surface area contributed by atoms with E-state index < -0.39 is 55.8 Å². The SMILES string of the molecule is CC(NPOc1c(F)c(F)c(F)c(F)c1F)C(=O)OCc1ccccc1. The van der Waals surface area contributed by atoms with Crippen molar-refractivity contribution in [2.75, 3.05) is 0 Å². The van der Waals surface area contributed by atoms with Crippen LogP contribution in [0.1, 0.15) is 12.5 Å². The first-order valence-corrected chi connectivity index (χ1v) is 8.13. The molecule has 10 heteroatoms. The minimum atomic E-state index is -2.28. The largest absolute Gasteiger partial charge is 0.460 e. The second kappa shape index (κ2) is 8.91. The van der Waals surface area contributed by atoms with Crippen molar-refractivity contribution < 1.29 is 36.0 Å². The van der Waals surface area contributed by atoms with Crippen LogP contribution >= 0.6 is 8.96 Å². The highest BCUT2D eigenvalue weighted by atomic mass is 31.1. The summed E-state index contributed by atoms with van der Waals surface area (Å²) in [4.78, 5) is 11.8. The molecule has 0 aromatic heterocycles. The van der Waals surface area contributed by atoms with Crippen molar-refractivity contribution in [2.45, 2.75) is 19.6 Å². The zero-order valence-corrected chi connectivity index (χ0v) is 14.3. The number of carbonyl (C=O) groups excluding carboxylic acids is 1. The summed E-state index contributed by atoms with van der Waals surface area (Å²) in [6.45, 7) is 1.41. The first-order valence-electron chi connectivity index (χ1n) is 7.22. The predicted molar refractivity (Wildman–Crippen MR) is 84.0 cm³/mol. The lowest BCUT2D eigenvalue weighted by molar-refractivity contribution is -0.146. The maximum Gasteiger partial charge on any atom is 0.323 e. The van der Waals surface area contributed by atoms with E-state index in [0.717, 1.165) is 5.56 Å². The molecule has 2 aromatic carbocycles. The van der Waals surface area contributed by atoms with Gasteiger partial charge in [0.2, 0.25) is 34.8 Å². The van der Waals surface area contributed by atoms with Gasteiger partial charge in [-0.1, -0.05) is 30.3 Å². The molecule has 0 aliphatic rings. The predicted octanol–water partition coefficient (Wildman–Crippen LogP) is 3.99. The Morgan fingerprint density at radius 1 is 1.00 bits per heavy atom. The minimum Gasteiger partial charge on any atom is -0.460 e. The summed E-state index contributed by atoms with van der Waals surface area (Å²) in [5.74, 6) is -12.8. The zero-order chi connectivity index (χ0) is 19.3. The van der Waals surface area contributed by atoms with E-state index in [9.17, 15) is 26.7 Å².